The van der Waals surface area contributed by atoms with Gasteiger partial charge in [-0.05, 0) is 96.8 Å². The Kier molecular flexibility index (Phi) is 15.6. The highest BCUT2D eigenvalue weighted by atomic mass is 32.2. The van der Waals surface area contributed by atoms with Crippen LogP contribution >= 0.6 is 0 Å². The maximum absolute atomic E-state index is 14.9. The number of carbonyl (C=O) groups is 5. The second-order valence-corrected chi connectivity index (χ2v) is 23.1. The van der Waals surface area contributed by atoms with Crippen molar-refractivity contribution in [3.8, 4) is 11.5 Å². The lowest BCUT2D eigenvalue weighted by Gasteiger charge is -2.42. The van der Waals surface area contributed by atoms with Gasteiger partial charge < -0.3 is 39.4 Å². The molecular weight excluding hydrogens is 905 g/mol. The zero-order valence-electron chi connectivity index (χ0n) is 41.6. The number of aryl methyl sites for hydroxylation is 2. The normalized spacial score (nSPS) is 25.3. The van der Waals surface area contributed by atoms with Crippen LogP contribution in [0.2, 0.25) is 0 Å². The molecule has 1 aromatic carbocycles. The number of benzene rings is 1. The van der Waals surface area contributed by atoms with E-state index in [-0.39, 0.29) is 37.7 Å². The van der Waals surface area contributed by atoms with Crippen LogP contribution in [0.15, 0.2) is 42.5 Å². The number of hydrogen-bond donors (Lipinski definition) is 3. The summed E-state index contributed by atoms with van der Waals surface area (Å²) in [5.74, 6) is -1.43. The number of nitrogens with zero attached hydrogens (tertiary/aromatic N) is 3. The monoisotopic (exact) mass is 976 g/mol. The van der Waals surface area contributed by atoms with Crippen LogP contribution in [0.1, 0.15) is 131 Å². The van der Waals surface area contributed by atoms with Gasteiger partial charge in [-0.3, -0.25) is 19.1 Å². The fourth-order valence-electron chi connectivity index (χ4n) is 9.37. The average Bonchev–Trinajstić information content (AvgIpc) is 3.92. The van der Waals surface area contributed by atoms with Gasteiger partial charge in [0.25, 0.3) is 5.91 Å². The van der Waals surface area contributed by atoms with Crippen LogP contribution in [-0.2, 0) is 46.7 Å². The molecule has 4 heterocycles. The average molecular weight is 977 g/mol. The third kappa shape index (κ3) is 11.8. The van der Waals surface area contributed by atoms with Gasteiger partial charge in [-0.25, -0.2) is 23.0 Å². The number of sulfonamides is 1. The molecule has 0 spiro atoms. The Morgan fingerprint density at radius 2 is 1.71 bits per heavy atom. The quantitative estimate of drug-likeness (QED) is 0.188. The van der Waals surface area contributed by atoms with Crippen LogP contribution in [0.4, 0.5) is 9.59 Å². The first-order valence-electron chi connectivity index (χ1n) is 24.9. The lowest BCUT2D eigenvalue weighted by atomic mass is 9.73. The molecular formula is C51H72N6O11S. The molecule has 3 aliphatic heterocycles. The van der Waals surface area contributed by atoms with Gasteiger partial charge in [-0.1, -0.05) is 64.8 Å². The first-order chi connectivity index (χ1) is 32.7. The van der Waals surface area contributed by atoms with E-state index in [4.69, 9.17) is 23.9 Å². The van der Waals surface area contributed by atoms with Gasteiger partial charge in [-0.2, -0.15) is 0 Å². The van der Waals surface area contributed by atoms with Crippen LogP contribution < -0.4 is 24.8 Å². The molecule has 2 aromatic rings. The van der Waals surface area contributed by atoms with Gasteiger partial charge in [0.1, 0.15) is 46.9 Å². The molecule has 0 radical (unpaired) electrons. The molecule has 5 unspecified atom stereocenters. The smallest absolute Gasteiger partial charge is 0.410 e. The number of hydrogen-bond acceptors (Lipinski definition) is 12. The minimum Gasteiger partial charge on any atom is -0.490 e. The molecule has 17 nitrogen and oxygen atoms in total. The first-order valence-corrected chi connectivity index (χ1v) is 26.4. The van der Waals surface area contributed by atoms with E-state index in [2.05, 4.69) is 15.4 Å². The van der Waals surface area contributed by atoms with Crippen LogP contribution in [0.5, 0.6) is 11.5 Å². The summed E-state index contributed by atoms with van der Waals surface area (Å²) in [7, 11) is -4.07. The Bertz CT molecular complexity index is 2440. The molecule has 3 N–H and O–H groups in total. The number of rotatable bonds is 12. The third-order valence-electron chi connectivity index (χ3n) is 13.8. The SMILES string of the molecule is CCc1nc2ccc(OC3CCN(C(=O)OC(C)(C)C)CC3)cc2c(CC)c1OC1CC2C(=O)NC3(C(=O)NS(=O)(=O)C4(C)CC4)C=CC3C=CCCCCCC(NC(=O)OCC(C)C)C(=O)N2C1. The molecule has 2 aliphatic carbocycles. The topological polar surface area (TPSA) is 212 Å². The number of piperidine rings is 1. The summed E-state index contributed by atoms with van der Waals surface area (Å²) in [6.07, 6.45) is 11.3. The minimum absolute atomic E-state index is 0.0237. The molecule has 5 atom stereocenters. The van der Waals surface area contributed by atoms with Gasteiger partial charge in [-0.15, -0.1) is 0 Å². The van der Waals surface area contributed by atoms with Gasteiger partial charge in [0.2, 0.25) is 21.8 Å². The summed E-state index contributed by atoms with van der Waals surface area (Å²) in [5, 5.41) is 6.54. The van der Waals surface area contributed by atoms with E-state index in [0.717, 1.165) is 29.3 Å². The van der Waals surface area contributed by atoms with Crippen molar-refractivity contribution in [3.05, 3.63) is 53.8 Å². The number of nitrogens with one attached hydrogen (secondary N) is 3. The van der Waals surface area contributed by atoms with Crippen LogP contribution in [0.3, 0.4) is 0 Å². The molecule has 0 bridgehead atoms. The van der Waals surface area contributed by atoms with Crippen LogP contribution in [-0.4, -0.2) is 120 Å². The lowest BCUT2D eigenvalue weighted by Crippen LogP contribution is -2.67. The minimum atomic E-state index is -4.07. The predicted octanol–water partition coefficient (Wildman–Crippen LogP) is 6.80. The second-order valence-electron chi connectivity index (χ2n) is 20.9. The van der Waals surface area contributed by atoms with Crippen LogP contribution in [0, 0.1) is 11.8 Å². The van der Waals surface area contributed by atoms with Crippen molar-refractivity contribution in [1.29, 1.82) is 0 Å². The third-order valence-corrected chi connectivity index (χ3v) is 15.9. The molecule has 3 fully saturated rings. The summed E-state index contributed by atoms with van der Waals surface area (Å²) >= 11 is 0. The van der Waals surface area contributed by atoms with E-state index in [1.807, 2.05) is 78.8 Å². The number of amides is 5. The molecule has 7 rings (SSSR count). The molecule has 1 aromatic heterocycles. The summed E-state index contributed by atoms with van der Waals surface area (Å²) in [6.45, 7) is 16.1. The number of alkyl carbamates (subject to hydrolysis) is 1. The highest BCUT2D eigenvalue weighted by molar-refractivity contribution is 7.91. The molecule has 69 heavy (non-hydrogen) atoms. The highest BCUT2D eigenvalue weighted by Gasteiger charge is 2.56. The number of allylic oxidation sites excluding steroid dienone is 1. The summed E-state index contributed by atoms with van der Waals surface area (Å²) in [5.41, 5.74) is 0.00489. The Morgan fingerprint density at radius 1 is 0.971 bits per heavy atom. The number of pyridine rings is 1. The van der Waals surface area contributed by atoms with Crippen molar-refractivity contribution in [1.82, 2.24) is 30.1 Å². The Balaban J connectivity index is 1.18. The first kappa shape index (κ1) is 51.5. The van der Waals surface area contributed by atoms with E-state index >= 15 is 0 Å². The largest absolute Gasteiger partial charge is 0.490 e. The van der Waals surface area contributed by atoms with E-state index in [0.29, 0.717) is 88.1 Å². The standard InChI is InChI=1S/C51H72N6O11S/c1-9-37-38-28-35(66-34-21-26-56(27-22-34)48(62)68-49(5,6)7)18-19-40(38)52-39(10-2)43(37)67-36-29-42-44(58)54-51(46(60)55-69(63,64)50(8)24-25-50)23-20-33(51)16-14-12-11-13-15-17-41(45(59)57(42)30-36)53-47(61)65-31-32(3)4/h14,16,18-20,23,28,32-34,36,41-42H,9-13,15,17,21-22,24-27,29-31H2,1-8H3,(H,53,61)(H,54,58)(H,55,60). The van der Waals surface area contributed by atoms with E-state index in [1.165, 1.54) is 11.0 Å². The zero-order chi connectivity index (χ0) is 49.9. The van der Waals surface area contributed by atoms with E-state index in [9.17, 15) is 32.4 Å². The van der Waals surface area contributed by atoms with Gasteiger partial charge >= 0.3 is 12.2 Å². The Hall–Kier alpha value is -5.39. The number of likely N-dealkylation sites (tertiary alicyclic amines) is 1. The fraction of sp³-hybridized carbons (Fsp3) is 0.647. The van der Waals surface area contributed by atoms with Gasteiger partial charge in [0, 0.05) is 49.2 Å². The molecule has 1 saturated carbocycles. The number of ether oxygens (including phenoxy) is 4. The molecule has 18 heteroatoms. The molecule has 5 aliphatic rings. The highest BCUT2D eigenvalue weighted by Crippen LogP contribution is 2.43. The summed E-state index contributed by atoms with van der Waals surface area (Å²) in [4.78, 5) is 78.0. The molecule has 2 saturated heterocycles. The second kappa shape index (κ2) is 20.9. The Labute approximate surface area is 406 Å². The number of aromatic nitrogens is 1. The molecule has 5 amide bonds. The van der Waals surface area contributed by atoms with Crippen molar-refractivity contribution in [3.63, 3.8) is 0 Å². The van der Waals surface area contributed by atoms with Crippen LogP contribution in [0.25, 0.3) is 10.9 Å². The van der Waals surface area contributed by atoms with Crippen molar-refractivity contribution in [2.24, 2.45) is 11.8 Å². The summed E-state index contributed by atoms with van der Waals surface area (Å²) < 4.78 is 52.5. The van der Waals surface area contributed by atoms with Crippen molar-refractivity contribution in [2.75, 3.05) is 26.2 Å². The summed E-state index contributed by atoms with van der Waals surface area (Å²) in [6, 6.07) is 3.59. The van der Waals surface area contributed by atoms with Crippen molar-refractivity contribution >= 4 is 50.8 Å². The predicted molar refractivity (Wildman–Crippen MR) is 260 cm³/mol. The fourth-order valence-corrected chi connectivity index (χ4v) is 10.7. The Morgan fingerprint density at radius 3 is 2.35 bits per heavy atom. The maximum Gasteiger partial charge on any atom is 0.410 e. The van der Waals surface area contributed by atoms with Crippen molar-refractivity contribution in [2.45, 2.75) is 173 Å². The number of carbonyl (C=O) groups excluding carboxylic acids is 5. The maximum atomic E-state index is 14.9. The van der Waals surface area contributed by atoms with Crippen molar-refractivity contribution < 1.29 is 51.3 Å². The van der Waals surface area contributed by atoms with E-state index < -0.39 is 73.8 Å². The molecule has 378 valence electrons. The van der Waals surface area contributed by atoms with E-state index in [1.54, 1.807) is 17.9 Å². The lowest BCUT2D eigenvalue weighted by molar-refractivity contribution is -0.142. The number of fused-ring (bicyclic) bond motifs is 3. The van der Waals surface area contributed by atoms with Gasteiger partial charge in [0.05, 0.1) is 29.1 Å². The van der Waals surface area contributed by atoms with Gasteiger partial charge in [0.15, 0.2) is 0 Å². The zero-order valence-corrected chi connectivity index (χ0v) is 42.4.